The van der Waals surface area contributed by atoms with Crippen LogP contribution in [0.4, 0.5) is 0 Å². The van der Waals surface area contributed by atoms with Crippen molar-refractivity contribution < 1.29 is 19.1 Å². The van der Waals surface area contributed by atoms with E-state index in [2.05, 4.69) is 0 Å². The maximum Gasteiger partial charge on any atom is 0.260 e. The van der Waals surface area contributed by atoms with Gasteiger partial charge in [0.25, 0.3) is 5.91 Å². The number of nitrogens with zero attached hydrogens (tertiary/aromatic N) is 2. The van der Waals surface area contributed by atoms with Crippen molar-refractivity contribution in [2.45, 2.75) is 6.42 Å². The molecule has 2 amide bonds. The van der Waals surface area contributed by atoms with Crippen molar-refractivity contribution >= 4 is 23.4 Å². The zero-order chi connectivity index (χ0) is 19.8. The lowest BCUT2D eigenvalue weighted by atomic mass is 10.2. The van der Waals surface area contributed by atoms with E-state index in [0.717, 1.165) is 5.75 Å². The van der Waals surface area contributed by atoms with Crippen LogP contribution >= 0.6 is 11.6 Å². The molecule has 0 spiro atoms. The third kappa shape index (κ3) is 5.89. The van der Waals surface area contributed by atoms with Crippen LogP contribution in [-0.2, 0) is 9.59 Å². The van der Waals surface area contributed by atoms with E-state index in [0.29, 0.717) is 50.0 Å². The van der Waals surface area contributed by atoms with E-state index in [1.165, 1.54) is 0 Å². The minimum atomic E-state index is -0.0885. The van der Waals surface area contributed by atoms with Gasteiger partial charge in [-0.05, 0) is 36.4 Å². The highest BCUT2D eigenvalue weighted by atomic mass is 35.5. The summed E-state index contributed by atoms with van der Waals surface area (Å²) in [5, 5.41) is 0.619. The number of halogens is 1. The Kier molecular flexibility index (Phi) is 7.14. The number of carbonyl (C=O) groups excluding carboxylic acids is 2. The summed E-state index contributed by atoms with van der Waals surface area (Å²) >= 11 is 5.83. The third-order valence-electron chi connectivity index (χ3n) is 4.49. The number of piperazine rings is 1. The predicted molar refractivity (Wildman–Crippen MR) is 107 cm³/mol. The second-order valence-corrected chi connectivity index (χ2v) is 6.85. The molecule has 0 aliphatic carbocycles. The van der Waals surface area contributed by atoms with Crippen molar-refractivity contribution in [3.8, 4) is 11.5 Å². The van der Waals surface area contributed by atoms with Crippen LogP contribution in [-0.4, -0.2) is 61.0 Å². The summed E-state index contributed by atoms with van der Waals surface area (Å²) in [7, 11) is 0. The van der Waals surface area contributed by atoms with Crippen LogP contribution in [0.25, 0.3) is 0 Å². The van der Waals surface area contributed by atoms with E-state index in [9.17, 15) is 9.59 Å². The number of amides is 2. The Morgan fingerprint density at radius 2 is 1.36 bits per heavy atom. The van der Waals surface area contributed by atoms with Gasteiger partial charge in [0.15, 0.2) is 6.61 Å². The van der Waals surface area contributed by atoms with Gasteiger partial charge in [-0.1, -0.05) is 29.8 Å². The third-order valence-corrected chi connectivity index (χ3v) is 4.74. The molecule has 6 nitrogen and oxygen atoms in total. The first kappa shape index (κ1) is 20.0. The van der Waals surface area contributed by atoms with Gasteiger partial charge in [-0.25, -0.2) is 0 Å². The van der Waals surface area contributed by atoms with Crippen molar-refractivity contribution in [3.63, 3.8) is 0 Å². The van der Waals surface area contributed by atoms with Crippen molar-refractivity contribution in [3.05, 3.63) is 59.6 Å². The Hall–Kier alpha value is -2.73. The maximum atomic E-state index is 12.3. The van der Waals surface area contributed by atoms with Crippen molar-refractivity contribution in [2.75, 3.05) is 39.4 Å². The van der Waals surface area contributed by atoms with Crippen LogP contribution < -0.4 is 9.47 Å². The Morgan fingerprint density at radius 1 is 0.786 bits per heavy atom. The number of para-hydroxylation sites is 1. The van der Waals surface area contributed by atoms with Crippen molar-refractivity contribution in [1.82, 2.24) is 9.80 Å². The lowest BCUT2D eigenvalue weighted by Crippen LogP contribution is -2.51. The molecule has 0 N–H and O–H groups in total. The molecule has 2 aromatic rings. The highest BCUT2D eigenvalue weighted by molar-refractivity contribution is 6.30. The quantitative estimate of drug-likeness (QED) is 0.714. The molecule has 148 valence electrons. The lowest BCUT2D eigenvalue weighted by molar-refractivity contribution is -0.141. The van der Waals surface area contributed by atoms with E-state index >= 15 is 0 Å². The van der Waals surface area contributed by atoms with Crippen molar-refractivity contribution in [2.24, 2.45) is 0 Å². The fourth-order valence-electron chi connectivity index (χ4n) is 2.90. The zero-order valence-corrected chi connectivity index (χ0v) is 16.3. The fourth-order valence-corrected chi connectivity index (χ4v) is 3.03. The van der Waals surface area contributed by atoms with E-state index < -0.39 is 0 Å². The number of benzene rings is 2. The summed E-state index contributed by atoms with van der Waals surface area (Å²) in [5.74, 6) is 1.31. The second-order valence-electron chi connectivity index (χ2n) is 6.42. The molecule has 0 radical (unpaired) electrons. The molecule has 0 saturated carbocycles. The number of hydrogen-bond acceptors (Lipinski definition) is 4. The van der Waals surface area contributed by atoms with Crippen LogP contribution in [0.2, 0.25) is 5.02 Å². The minimum Gasteiger partial charge on any atom is -0.493 e. The second kappa shape index (κ2) is 9.99. The number of hydrogen-bond donors (Lipinski definition) is 0. The van der Waals surface area contributed by atoms with Gasteiger partial charge in [0.05, 0.1) is 13.0 Å². The summed E-state index contributed by atoms with van der Waals surface area (Å²) in [6, 6.07) is 16.3. The molecule has 1 aliphatic rings. The molecule has 0 bridgehead atoms. The van der Waals surface area contributed by atoms with Gasteiger partial charge in [-0.2, -0.15) is 0 Å². The molecule has 1 fully saturated rings. The summed E-state index contributed by atoms with van der Waals surface area (Å²) in [4.78, 5) is 28.1. The fraction of sp³-hybridized carbons (Fsp3) is 0.333. The van der Waals surface area contributed by atoms with E-state index in [1.54, 1.807) is 34.1 Å². The Bertz CT molecular complexity index is 775. The minimum absolute atomic E-state index is 0.0273. The van der Waals surface area contributed by atoms with Crippen LogP contribution in [0.3, 0.4) is 0 Å². The number of carbonyl (C=O) groups is 2. The average molecular weight is 403 g/mol. The summed E-state index contributed by atoms with van der Waals surface area (Å²) < 4.78 is 11.1. The summed E-state index contributed by atoms with van der Waals surface area (Å²) in [6.45, 7) is 2.38. The van der Waals surface area contributed by atoms with Gasteiger partial charge >= 0.3 is 0 Å². The molecule has 1 heterocycles. The monoisotopic (exact) mass is 402 g/mol. The first-order chi connectivity index (χ1) is 13.6. The van der Waals surface area contributed by atoms with Crippen molar-refractivity contribution in [1.29, 1.82) is 0 Å². The molecular weight excluding hydrogens is 380 g/mol. The first-order valence-electron chi connectivity index (χ1n) is 9.23. The van der Waals surface area contributed by atoms with Gasteiger partial charge in [-0.3, -0.25) is 9.59 Å². The maximum absolute atomic E-state index is 12.3. The van der Waals surface area contributed by atoms with Gasteiger partial charge in [0, 0.05) is 31.2 Å². The normalized spacial score (nSPS) is 13.9. The SMILES string of the molecule is O=C(CCOc1ccccc1)N1CCN(C(=O)COc2ccc(Cl)cc2)CC1. The molecule has 0 aromatic heterocycles. The van der Waals surface area contributed by atoms with Crippen LogP contribution in [0.15, 0.2) is 54.6 Å². The summed E-state index contributed by atoms with van der Waals surface area (Å²) in [6.07, 6.45) is 0.322. The Balaban J connectivity index is 1.35. The Labute approximate surface area is 169 Å². The van der Waals surface area contributed by atoms with Gasteiger partial charge in [0.2, 0.25) is 5.91 Å². The molecule has 28 heavy (non-hydrogen) atoms. The lowest BCUT2D eigenvalue weighted by Gasteiger charge is -2.34. The van der Waals surface area contributed by atoms with Gasteiger partial charge in [-0.15, -0.1) is 0 Å². The molecular formula is C21H23ClN2O4. The highest BCUT2D eigenvalue weighted by Crippen LogP contribution is 2.16. The van der Waals surface area contributed by atoms with Crippen LogP contribution in [0.1, 0.15) is 6.42 Å². The molecule has 3 rings (SSSR count). The number of rotatable bonds is 7. The molecule has 1 saturated heterocycles. The molecule has 0 atom stereocenters. The first-order valence-corrected chi connectivity index (χ1v) is 9.61. The van der Waals surface area contributed by atoms with Crippen LogP contribution in [0.5, 0.6) is 11.5 Å². The van der Waals surface area contributed by atoms with E-state index in [4.69, 9.17) is 21.1 Å². The predicted octanol–water partition coefficient (Wildman–Crippen LogP) is 2.86. The van der Waals surface area contributed by atoms with E-state index in [1.807, 2.05) is 30.3 Å². The number of ether oxygens (including phenoxy) is 2. The Morgan fingerprint density at radius 3 is 2.00 bits per heavy atom. The molecule has 2 aromatic carbocycles. The van der Waals surface area contributed by atoms with Gasteiger partial charge < -0.3 is 19.3 Å². The smallest absolute Gasteiger partial charge is 0.260 e. The van der Waals surface area contributed by atoms with E-state index in [-0.39, 0.29) is 18.4 Å². The highest BCUT2D eigenvalue weighted by Gasteiger charge is 2.24. The molecule has 7 heteroatoms. The van der Waals surface area contributed by atoms with Crippen LogP contribution in [0, 0.1) is 0 Å². The molecule has 0 unspecified atom stereocenters. The zero-order valence-electron chi connectivity index (χ0n) is 15.6. The topological polar surface area (TPSA) is 59.1 Å². The summed E-state index contributed by atoms with van der Waals surface area (Å²) in [5.41, 5.74) is 0. The largest absolute Gasteiger partial charge is 0.493 e. The average Bonchev–Trinajstić information content (AvgIpc) is 2.74. The van der Waals surface area contributed by atoms with Gasteiger partial charge in [0.1, 0.15) is 11.5 Å². The molecule has 1 aliphatic heterocycles. The standard InChI is InChI=1S/C21H23ClN2O4/c22-17-6-8-19(9-7-17)28-16-21(26)24-13-11-23(12-14-24)20(25)10-15-27-18-4-2-1-3-5-18/h1-9H,10-16H2.